The average Bonchev–Trinajstić information content (AvgIpc) is 3.11. The Hall–Kier alpha value is -3.09. The maximum atomic E-state index is 13.7. The number of unbranched alkanes of at least 4 members (excludes halogenated alkanes) is 1. The maximum Gasteiger partial charge on any atom is 0.335 e. The first-order valence-electron chi connectivity index (χ1n) is 9.99. The van der Waals surface area contributed by atoms with Crippen molar-refractivity contribution in [2.75, 3.05) is 0 Å². The van der Waals surface area contributed by atoms with Crippen LogP contribution in [0.4, 0.5) is 8.78 Å². The molecule has 0 aliphatic carbocycles. The smallest absolute Gasteiger partial charge is 0.335 e. The van der Waals surface area contributed by atoms with Crippen LogP contribution in [0.15, 0.2) is 48.5 Å². The number of carboxylic acid groups (broad SMARTS) is 1. The molecule has 0 aliphatic heterocycles. The van der Waals surface area contributed by atoms with Crippen LogP contribution >= 0.6 is 0 Å². The summed E-state index contributed by atoms with van der Waals surface area (Å²) >= 11 is 0. The number of benzene rings is 2. The molecule has 2 aromatic carbocycles. The summed E-state index contributed by atoms with van der Waals surface area (Å²) in [6.07, 6.45) is 2.90. The van der Waals surface area contributed by atoms with E-state index in [1.165, 1.54) is 0 Å². The average molecular weight is 413 g/mol. The first-order valence-corrected chi connectivity index (χ1v) is 9.99. The predicted molar refractivity (Wildman–Crippen MR) is 110 cm³/mol. The molecule has 0 bridgehead atoms. The van der Waals surface area contributed by atoms with E-state index in [0.29, 0.717) is 25.2 Å². The Morgan fingerprint density at radius 2 is 1.77 bits per heavy atom. The van der Waals surface area contributed by atoms with E-state index in [1.807, 2.05) is 37.3 Å². The van der Waals surface area contributed by atoms with Crippen LogP contribution in [-0.4, -0.2) is 25.8 Å². The number of carboxylic acids is 1. The van der Waals surface area contributed by atoms with E-state index in [1.54, 1.807) is 22.9 Å². The lowest BCUT2D eigenvalue weighted by Crippen LogP contribution is -2.11. The normalized spacial score (nSPS) is 11.6. The molecule has 0 aliphatic rings. The number of alkyl halides is 2. The fourth-order valence-electron chi connectivity index (χ4n) is 3.25. The van der Waals surface area contributed by atoms with Crippen molar-refractivity contribution in [2.45, 2.75) is 52.0 Å². The number of aromatic carboxylic acids is 1. The van der Waals surface area contributed by atoms with E-state index in [9.17, 15) is 18.7 Å². The summed E-state index contributed by atoms with van der Waals surface area (Å²) in [6.45, 7) is 3.20. The molecule has 30 heavy (non-hydrogen) atoms. The van der Waals surface area contributed by atoms with Crippen molar-refractivity contribution in [1.82, 2.24) is 14.8 Å². The number of nitrogens with zero attached hydrogens (tertiary/aromatic N) is 3. The SMILES string of the molecule is CCCCc1nc(C(C)(F)F)nn1Cc1ccc(Cc2ccccc2C(=O)O)cc1. The zero-order valence-electron chi connectivity index (χ0n) is 17.1. The van der Waals surface area contributed by atoms with E-state index in [2.05, 4.69) is 10.1 Å². The van der Waals surface area contributed by atoms with E-state index < -0.39 is 17.7 Å². The van der Waals surface area contributed by atoms with E-state index in [-0.39, 0.29) is 5.56 Å². The van der Waals surface area contributed by atoms with Gasteiger partial charge in [-0.3, -0.25) is 0 Å². The molecule has 0 radical (unpaired) electrons. The maximum absolute atomic E-state index is 13.7. The molecule has 0 saturated carbocycles. The van der Waals surface area contributed by atoms with Gasteiger partial charge >= 0.3 is 11.9 Å². The molecule has 0 saturated heterocycles. The third kappa shape index (κ3) is 5.28. The minimum absolute atomic E-state index is 0.290. The topological polar surface area (TPSA) is 68.0 Å². The first kappa shape index (κ1) is 21.6. The van der Waals surface area contributed by atoms with Crippen molar-refractivity contribution in [3.8, 4) is 0 Å². The molecule has 1 aromatic heterocycles. The highest BCUT2D eigenvalue weighted by Crippen LogP contribution is 2.24. The highest BCUT2D eigenvalue weighted by molar-refractivity contribution is 5.89. The van der Waals surface area contributed by atoms with Crippen molar-refractivity contribution in [1.29, 1.82) is 0 Å². The Morgan fingerprint density at radius 1 is 1.10 bits per heavy atom. The van der Waals surface area contributed by atoms with E-state index >= 15 is 0 Å². The van der Waals surface area contributed by atoms with Crippen molar-refractivity contribution in [2.24, 2.45) is 0 Å². The van der Waals surface area contributed by atoms with Gasteiger partial charge in [0.05, 0.1) is 12.1 Å². The molecule has 5 nitrogen and oxygen atoms in total. The lowest BCUT2D eigenvalue weighted by Gasteiger charge is -2.09. The summed E-state index contributed by atoms with van der Waals surface area (Å²) in [5.41, 5.74) is 2.92. The molecule has 0 atom stereocenters. The monoisotopic (exact) mass is 413 g/mol. The minimum atomic E-state index is -3.08. The van der Waals surface area contributed by atoms with Gasteiger partial charge < -0.3 is 5.11 Å². The van der Waals surface area contributed by atoms with Gasteiger partial charge in [0.1, 0.15) is 5.82 Å². The van der Waals surface area contributed by atoms with Crippen LogP contribution in [0.1, 0.15) is 65.4 Å². The minimum Gasteiger partial charge on any atom is -0.478 e. The largest absolute Gasteiger partial charge is 0.478 e. The van der Waals surface area contributed by atoms with Crippen molar-refractivity contribution < 1.29 is 18.7 Å². The zero-order valence-corrected chi connectivity index (χ0v) is 17.1. The van der Waals surface area contributed by atoms with Crippen LogP contribution in [0.5, 0.6) is 0 Å². The standard InChI is InChI=1S/C23H25F2N3O2/c1-3-4-9-20-26-22(23(2,24)25)27-28(20)15-17-12-10-16(11-13-17)14-18-7-5-6-8-19(18)21(29)30/h5-8,10-13H,3-4,9,14-15H2,1-2H3,(H,29,30). The predicted octanol–water partition coefficient (Wildman–Crippen LogP) is 5.07. The molecule has 158 valence electrons. The lowest BCUT2D eigenvalue weighted by atomic mass is 9.99. The highest BCUT2D eigenvalue weighted by atomic mass is 19.3. The van der Waals surface area contributed by atoms with Crippen LogP contribution in [0.3, 0.4) is 0 Å². The van der Waals surface area contributed by atoms with Crippen molar-refractivity contribution in [3.63, 3.8) is 0 Å². The molecule has 3 rings (SSSR count). The summed E-state index contributed by atoms with van der Waals surface area (Å²) in [4.78, 5) is 15.4. The Balaban J connectivity index is 1.78. The Kier molecular flexibility index (Phi) is 6.59. The molecule has 0 fully saturated rings. The van der Waals surface area contributed by atoms with Gasteiger partial charge in [-0.25, -0.2) is 14.5 Å². The number of carbonyl (C=O) groups is 1. The molecule has 7 heteroatoms. The second-order valence-electron chi connectivity index (χ2n) is 7.46. The van der Waals surface area contributed by atoms with Crippen LogP contribution in [0, 0.1) is 0 Å². The zero-order chi connectivity index (χ0) is 21.7. The lowest BCUT2D eigenvalue weighted by molar-refractivity contribution is 0.00755. The van der Waals surface area contributed by atoms with Crippen LogP contribution in [-0.2, 0) is 25.3 Å². The number of hydrogen-bond acceptors (Lipinski definition) is 3. The third-order valence-electron chi connectivity index (χ3n) is 4.89. The van der Waals surface area contributed by atoms with Gasteiger partial charge in [-0.2, -0.15) is 8.78 Å². The molecule has 3 aromatic rings. The summed E-state index contributed by atoms with van der Waals surface area (Å²) < 4.78 is 28.9. The van der Waals surface area contributed by atoms with Crippen molar-refractivity contribution >= 4 is 5.97 Å². The summed E-state index contributed by atoms with van der Waals surface area (Å²) in [5, 5.41) is 13.4. The molecule has 0 spiro atoms. The van der Waals surface area contributed by atoms with Gasteiger partial charge in [0.2, 0.25) is 5.82 Å². The fourth-order valence-corrected chi connectivity index (χ4v) is 3.25. The second-order valence-corrected chi connectivity index (χ2v) is 7.46. The molecular weight excluding hydrogens is 388 g/mol. The number of hydrogen-bond donors (Lipinski definition) is 1. The quantitative estimate of drug-likeness (QED) is 0.532. The highest BCUT2D eigenvalue weighted by Gasteiger charge is 2.31. The summed E-state index contributed by atoms with van der Waals surface area (Å²) in [7, 11) is 0. The van der Waals surface area contributed by atoms with Gasteiger partial charge in [0.25, 0.3) is 0 Å². The number of halogens is 2. The molecule has 0 unspecified atom stereocenters. The Labute approximate surface area is 174 Å². The number of rotatable bonds is 9. The number of aromatic nitrogens is 3. The van der Waals surface area contributed by atoms with Crippen LogP contribution < -0.4 is 0 Å². The van der Waals surface area contributed by atoms with Gasteiger partial charge in [-0.1, -0.05) is 55.8 Å². The van der Waals surface area contributed by atoms with Gasteiger partial charge in [-0.15, -0.1) is 5.10 Å². The molecule has 0 amide bonds. The third-order valence-corrected chi connectivity index (χ3v) is 4.89. The van der Waals surface area contributed by atoms with Crippen LogP contribution in [0.2, 0.25) is 0 Å². The second kappa shape index (κ2) is 9.15. The van der Waals surface area contributed by atoms with E-state index in [0.717, 1.165) is 36.5 Å². The van der Waals surface area contributed by atoms with Gasteiger partial charge in [-0.05, 0) is 35.6 Å². The molecular formula is C23H25F2N3O2. The summed E-state index contributed by atoms with van der Waals surface area (Å²) in [5.74, 6) is -3.91. The fraction of sp³-hybridized carbons (Fsp3) is 0.348. The van der Waals surface area contributed by atoms with Crippen molar-refractivity contribution in [3.05, 3.63) is 82.4 Å². The Morgan fingerprint density at radius 3 is 2.40 bits per heavy atom. The summed E-state index contributed by atoms with van der Waals surface area (Å²) in [6, 6.07) is 14.6. The number of aryl methyl sites for hydroxylation is 1. The van der Waals surface area contributed by atoms with Gasteiger partial charge in [0, 0.05) is 13.3 Å². The van der Waals surface area contributed by atoms with Crippen LogP contribution in [0.25, 0.3) is 0 Å². The molecule has 1 heterocycles. The van der Waals surface area contributed by atoms with E-state index in [4.69, 9.17) is 0 Å². The first-order chi connectivity index (χ1) is 14.3. The Bertz CT molecular complexity index is 1010. The van der Waals surface area contributed by atoms with Gasteiger partial charge in [0.15, 0.2) is 0 Å². The molecule has 1 N–H and O–H groups in total.